The van der Waals surface area contributed by atoms with Gasteiger partial charge in [0.25, 0.3) is 0 Å². The molecule has 1 aromatic rings. The van der Waals surface area contributed by atoms with Gasteiger partial charge in [-0.25, -0.2) is 10.8 Å². The second-order valence-electron chi connectivity index (χ2n) is 4.62. The van der Waals surface area contributed by atoms with E-state index < -0.39 is 4.92 Å². The van der Waals surface area contributed by atoms with Gasteiger partial charge in [0.15, 0.2) is 0 Å². The summed E-state index contributed by atoms with van der Waals surface area (Å²) < 4.78 is 0. The number of hydrogen-bond donors (Lipinski definition) is 3. The molecule has 0 spiro atoms. The summed E-state index contributed by atoms with van der Waals surface area (Å²) in [6.07, 6.45) is 3.11. The van der Waals surface area contributed by atoms with E-state index >= 15 is 0 Å². The number of nitro groups is 1. The highest BCUT2D eigenvalue weighted by molar-refractivity contribution is 5.57. The van der Waals surface area contributed by atoms with Crippen LogP contribution in [0.25, 0.3) is 0 Å². The number of hydrazine groups is 1. The van der Waals surface area contributed by atoms with Crippen molar-refractivity contribution in [2.45, 2.75) is 39.7 Å². The van der Waals surface area contributed by atoms with Crippen LogP contribution in [0.3, 0.4) is 0 Å². The summed E-state index contributed by atoms with van der Waals surface area (Å²) in [5, 5.41) is 14.0. The molecule has 1 rings (SSSR count). The van der Waals surface area contributed by atoms with Crippen LogP contribution in [0.15, 0.2) is 6.20 Å². The van der Waals surface area contributed by atoms with E-state index in [-0.39, 0.29) is 23.5 Å². The van der Waals surface area contributed by atoms with Crippen molar-refractivity contribution in [1.29, 1.82) is 0 Å². The Balaban J connectivity index is 2.88. The first-order valence-electron chi connectivity index (χ1n) is 6.22. The molecule has 0 saturated carbocycles. The van der Waals surface area contributed by atoms with Crippen LogP contribution in [0.5, 0.6) is 0 Å². The van der Waals surface area contributed by atoms with Crippen molar-refractivity contribution in [3.63, 3.8) is 0 Å². The first-order chi connectivity index (χ1) is 8.97. The molecular weight excluding hydrogens is 248 g/mol. The van der Waals surface area contributed by atoms with Crippen molar-refractivity contribution in [3.05, 3.63) is 16.3 Å². The molecule has 4 N–H and O–H groups in total. The van der Waals surface area contributed by atoms with E-state index in [1.165, 1.54) is 0 Å². The van der Waals surface area contributed by atoms with Gasteiger partial charge in [0.2, 0.25) is 11.8 Å². The average Bonchev–Trinajstić information content (AvgIpc) is 2.37. The molecule has 8 nitrogen and oxygen atoms in total. The van der Waals surface area contributed by atoms with Crippen molar-refractivity contribution in [1.82, 2.24) is 9.97 Å². The van der Waals surface area contributed by atoms with Crippen LogP contribution in [0.2, 0.25) is 0 Å². The molecule has 2 unspecified atom stereocenters. The molecule has 8 heteroatoms. The summed E-state index contributed by atoms with van der Waals surface area (Å²) in [7, 11) is 0. The van der Waals surface area contributed by atoms with Crippen molar-refractivity contribution < 1.29 is 4.92 Å². The largest absolute Gasteiger partial charge is 0.362 e. The summed E-state index contributed by atoms with van der Waals surface area (Å²) in [5.74, 6) is 6.07. The standard InChI is InChI=1S/C11H20N6O2/c1-4-7(2)5-8(3)14-10-9(17(18)19)6-13-11(15-10)16-12/h6-8H,4-5,12H2,1-3H3,(H2,13,14,15,16). The minimum absolute atomic E-state index is 0.0779. The maximum atomic E-state index is 10.9. The molecule has 0 aromatic carbocycles. The molecule has 0 aliphatic rings. The number of nitrogen functional groups attached to an aromatic ring is 1. The van der Waals surface area contributed by atoms with Crippen molar-refractivity contribution in [3.8, 4) is 0 Å². The molecule has 0 amide bonds. The maximum absolute atomic E-state index is 10.9. The first kappa shape index (κ1) is 15.1. The van der Waals surface area contributed by atoms with E-state index in [2.05, 4.69) is 34.6 Å². The topological polar surface area (TPSA) is 119 Å². The fourth-order valence-corrected chi connectivity index (χ4v) is 1.75. The zero-order valence-corrected chi connectivity index (χ0v) is 11.4. The maximum Gasteiger partial charge on any atom is 0.329 e. The van der Waals surface area contributed by atoms with Gasteiger partial charge < -0.3 is 5.32 Å². The van der Waals surface area contributed by atoms with Gasteiger partial charge in [0.05, 0.1) is 4.92 Å². The lowest BCUT2D eigenvalue weighted by molar-refractivity contribution is -0.384. The molecule has 0 aliphatic heterocycles. The van der Waals surface area contributed by atoms with Crippen LogP contribution in [0.1, 0.15) is 33.6 Å². The number of anilines is 2. The fourth-order valence-electron chi connectivity index (χ4n) is 1.75. The Morgan fingerprint density at radius 3 is 2.74 bits per heavy atom. The van der Waals surface area contributed by atoms with E-state index in [1.54, 1.807) is 0 Å². The fraction of sp³-hybridized carbons (Fsp3) is 0.636. The number of hydrogen-bond acceptors (Lipinski definition) is 7. The third-order valence-electron chi connectivity index (χ3n) is 2.93. The Labute approximate surface area is 111 Å². The quantitative estimate of drug-likeness (QED) is 0.392. The van der Waals surface area contributed by atoms with Gasteiger partial charge in [-0.1, -0.05) is 20.3 Å². The van der Waals surface area contributed by atoms with Crippen LogP contribution in [-0.4, -0.2) is 20.9 Å². The van der Waals surface area contributed by atoms with Gasteiger partial charge in [-0.3, -0.25) is 15.5 Å². The van der Waals surface area contributed by atoms with Gasteiger partial charge in [-0.15, -0.1) is 0 Å². The van der Waals surface area contributed by atoms with E-state index in [0.29, 0.717) is 5.92 Å². The Bertz CT molecular complexity index is 439. The minimum Gasteiger partial charge on any atom is -0.362 e. The molecule has 0 aliphatic carbocycles. The smallest absolute Gasteiger partial charge is 0.329 e. The zero-order chi connectivity index (χ0) is 14.4. The second kappa shape index (κ2) is 6.83. The molecule has 0 bridgehead atoms. The van der Waals surface area contributed by atoms with Gasteiger partial charge in [-0.2, -0.15) is 4.98 Å². The zero-order valence-electron chi connectivity index (χ0n) is 11.4. The predicted molar refractivity (Wildman–Crippen MR) is 73.7 cm³/mol. The molecule has 2 atom stereocenters. The first-order valence-corrected chi connectivity index (χ1v) is 6.22. The molecule has 1 aromatic heterocycles. The summed E-state index contributed by atoms with van der Waals surface area (Å²) in [5.41, 5.74) is 2.12. The lowest BCUT2D eigenvalue weighted by Gasteiger charge is -2.18. The summed E-state index contributed by atoms with van der Waals surface area (Å²) in [4.78, 5) is 18.1. The van der Waals surface area contributed by atoms with E-state index in [4.69, 9.17) is 5.84 Å². The summed E-state index contributed by atoms with van der Waals surface area (Å²) in [6, 6.07) is 0.0779. The van der Waals surface area contributed by atoms with Crippen molar-refractivity contribution in [2.24, 2.45) is 11.8 Å². The van der Waals surface area contributed by atoms with Gasteiger partial charge in [0, 0.05) is 6.04 Å². The second-order valence-corrected chi connectivity index (χ2v) is 4.62. The highest BCUT2D eigenvalue weighted by Crippen LogP contribution is 2.23. The highest BCUT2D eigenvalue weighted by atomic mass is 16.6. The number of rotatable bonds is 7. The molecular formula is C11H20N6O2. The minimum atomic E-state index is -0.515. The van der Waals surface area contributed by atoms with Crippen LogP contribution in [0.4, 0.5) is 17.5 Å². The van der Waals surface area contributed by atoms with Gasteiger partial charge in [0.1, 0.15) is 6.20 Å². The van der Waals surface area contributed by atoms with Crippen LogP contribution in [-0.2, 0) is 0 Å². The van der Waals surface area contributed by atoms with Crippen LogP contribution < -0.4 is 16.6 Å². The van der Waals surface area contributed by atoms with Crippen molar-refractivity contribution >= 4 is 17.5 Å². The van der Waals surface area contributed by atoms with Gasteiger partial charge >= 0.3 is 5.69 Å². The monoisotopic (exact) mass is 268 g/mol. The Kier molecular flexibility index (Phi) is 5.43. The van der Waals surface area contributed by atoms with E-state index in [1.807, 2.05) is 6.92 Å². The number of nitrogens with one attached hydrogen (secondary N) is 2. The Morgan fingerprint density at radius 2 is 2.21 bits per heavy atom. The molecule has 106 valence electrons. The Hall–Kier alpha value is -1.96. The van der Waals surface area contributed by atoms with Crippen molar-refractivity contribution in [2.75, 3.05) is 10.7 Å². The molecule has 1 heterocycles. The van der Waals surface area contributed by atoms with E-state index in [9.17, 15) is 10.1 Å². The third-order valence-corrected chi connectivity index (χ3v) is 2.93. The lowest BCUT2D eigenvalue weighted by Crippen LogP contribution is -2.21. The molecule has 0 radical (unpaired) electrons. The third kappa shape index (κ3) is 4.32. The average molecular weight is 268 g/mol. The number of aromatic nitrogens is 2. The molecule has 0 saturated heterocycles. The highest BCUT2D eigenvalue weighted by Gasteiger charge is 2.19. The lowest BCUT2D eigenvalue weighted by atomic mass is 10.0. The van der Waals surface area contributed by atoms with Crippen LogP contribution >= 0.6 is 0 Å². The van der Waals surface area contributed by atoms with Gasteiger partial charge in [-0.05, 0) is 19.3 Å². The Morgan fingerprint density at radius 1 is 1.53 bits per heavy atom. The molecule has 0 fully saturated rings. The SMILES string of the molecule is CCC(C)CC(C)Nc1nc(NN)ncc1[N+](=O)[O-]. The predicted octanol–water partition coefficient (Wildman–Crippen LogP) is 1.91. The summed E-state index contributed by atoms with van der Waals surface area (Å²) >= 11 is 0. The van der Waals surface area contributed by atoms with Crippen LogP contribution in [0, 0.1) is 16.0 Å². The molecule has 19 heavy (non-hydrogen) atoms. The van der Waals surface area contributed by atoms with E-state index in [0.717, 1.165) is 19.0 Å². The number of nitrogens with two attached hydrogens (primary N) is 1. The summed E-state index contributed by atoms with van der Waals surface area (Å²) in [6.45, 7) is 6.22. The normalized spacial score (nSPS) is 13.7. The number of nitrogens with zero attached hydrogens (tertiary/aromatic N) is 3.